The number of aromatic nitrogens is 4. The fourth-order valence-corrected chi connectivity index (χ4v) is 6.09. The van der Waals surface area contributed by atoms with Gasteiger partial charge in [0, 0.05) is 34.5 Å². The van der Waals surface area contributed by atoms with E-state index in [0.29, 0.717) is 17.4 Å². The van der Waals surface area contributed by atoms with Gasteiger partial charge in [0.15, 0.2) is 0 Å². The van der Waals surface area contributed by atoms with Crippen LogP contribution in [0, 0.1) is 39.8 Å². The van der Waals surface area contributed by atoms with Gasteiger partial charge in [-0.15, -0.1) is 35.7 Å². The summed E-state index contributed by atoms with van der Waals surface area (Å²) >= 11 is 0. The van der Waals surface area contributed by atoms with Crippen molar-refractivity contribution in [2.45, 2.75) is 47.5 Å². The van der Waals surface area contributed by atoms with Crippen molar-refractivity contribution < 1.29 is 25.8 Å². The summed E-state index contributed by atoms with van der Waals surface area (Å²) in [5, 5.41) is 7.19. The van der Waals surface area contributed by atoms with Gasteiger partial charge >= 0.3 is 21.1 Å². The molecule has 0 saturated carbocycles. The molecule has 0 radical (unpaired) electrons. The van der Waals surface area contributed by atoms with Crippen LogP contribution in [0.3, 0.4) is 0 Å². The summed E-state index contributed by atoms with van der Waals surface area (Å²) in [6.45, 7) is 12.8. The van der Waals surface area contributed by atoms with Crippen LogP contribution in [-0.4, -0.2) is 19.3 Å². The van der Waals surface area contributed by atoms with E-state index in [1.54, 1.807) is 0 Å². The number of hydrogen-bond acceptors (Lipinski definition) is 3. The third-order valence-electron chi connectivity index (χ3n) is 8.25. The molecular formula is C39H34N4OPt. The fourth-order valence-electron chi connectivity index (χ4n) is 6.09. The van der Waals surface area contributed by atoms with Crippen LogP contribution >= 0.6 is 0 Å². The van der Waals surface area contributed by atoms with Crippen molar-refractivity contribution in [2.24, 2.45) is 0 Å². The molecule has 4 aromatic carbocycles. The molecular weight excluding hydrogens is 736 g/mol. The van der Waals surface area contributed by atoms with Gasteiger partial charge in [-0.3, -0.25) is 4.68 Å². The summed E-state index contributed by atoms with van der Waals surface area (Å²) in [7, 11) is 0. The molecule has 0 unspecified atom stereocenters. The van der Waals surface area contributed by atoms with Crippen molar-refractivity contribution >= 4 is 21.8 Å². The number of aryl methyl sites for hydroxylation is 3. The van der Waals surface area contributed by atoms with E-state index < -0.39 is 0 Å². The Morgan fingerprint density at radius 2 is 1.56 bits per heavy atom. The zero-order valence-corrected chi connectivity index (χ0v) is 28.5. The molecule has 0 aliphatic heterocycles. The van der Waals surface area contributed by atoms with Crippen LogP contribution in [0.1, 0.15) is 47.8 Å². The maximum absolute atomic E-state index is 6.48. The predicted octanol–water partition coefficient (Wildman–Crippen LogP) is 9.78. The summed E-state index contributed by atoms with van der Waals surface area (Å²) in [5.41, 5.74) is 10.7. The van der Waals surface area contributed by atoms with Gasteiger partial charge in [-0.2, -0.15) is 16.7 Å². The molecule has 3 heterocycles. The Labute approximate surface area is 278 Å². The molecule has 0 amide bonds. The molecule has 3 aromatic heterocycles. The first-order chi connectivity index (χ1) is 21.3. The van der Waals surface area contributed by atoms with Gasteiger partial charge in [0.1, 0.15) is 5.82 Å². The van der Waals surface area contributed by atoms with Crippen LogP contribution in [0.5, 0.6) is 11.5 Å². The minimum Gasteiger partial charge on any atom is -0.509 e. The monoisotopic (exact) mass is 769 g/mol. The Kier molecular flexibility index (Phi) is 8.24. The molecule has 0 bridgehead atoms. The Balaban J connectivity index is 0.00000357. The second-order valence-electron chi connectivity index (χ2n) is 11.9. The van der Waals surface area contributed by atoms with Crippen molar-refractivity contribution in [1.82, 2.24) is 19.3 Å². The molecule has 0 N–H and O–H groups in total. The molecule has 0 spiro atoms. The first-order valence-corrected chi connectivity index (χ1v) is 15.0. The van der Waals surface area contributed by atoms with Crippen LogP contribution in [-0.2, 0) is 21.1 Å². The Bertz CT molecular complexity index is 2180. The van der Waals surface area contributed by atoms with E-state index in [2.05, 4.69) is 119 Å². The molecule has 226 valence electrons. The number of fused-ring (bicyclic) bond motifs is 3. The van der Waals surface area contributed by atoms with E-state index in [4.69, 9.17) is 14.8 Å². The summed E-state index contributed by atoms with van der Waals surface area (Å²) in [6.07, 6.45) is 1.86. The fraction of sp³-hybridized carbons (Fsp3) is 0.179. The SMILES string of the molecule is Cc1cc(Oc2[c-]c3c(cc2)c2cc(C(C)C)ccc2n3-c2cc(C)ccn2)[c-]c(-n2nc(C)c(-c3ccccc3)c2C)c1.[Pt+2]. The average molecular weight is 770 g/mol. The van der Waals surface area contributed by atoms with Gasteiger partial charge in [0.2, 0.25) is 0 Å². The van der Waals surface area contributed by atoms with Crippen LogP contribution in [0.25, 0.3) is 44.4 Å². The van der Waals surface area contributed by atoms with Crippen LogP contribution in [0.15, 0.2) is 91.1 Å². The number of nitrogens with zero attached hydrogens (tertiary/aromatic N) is 4. The van der Waals surface area contributed by atoms with E-state index >= 15 is 0 Å². The number of benzene rings is 4. The third-order valence-corrected chi connectivity index (χ3v) is 8.25. The van der Waals surface area contributed by atoms with E-state index in [-0.39, 0.29) is 21.1 Å². The van der Waals surface area contributed by atoms with Crippen molar-refractivity contribution in [2.75, 3.05) is 0 Å². The average Bonchev–Trinajstić information content (AvgIpc) is 3.49. The quantitative estimate of drug-likeness (QED) is 0.158. The van der Waals surface area contributed by atoms with Gasteiger partial charge in [-0.25, -0.2) is 4.98 Å². The van der Waals surface area contributed by atoms with Gasteiger partial charge in [-0.05, 0) is 72.7 Å². The zero-order valence-electron chi connectivity index (χ0n) is 26.3. The topological polar surface area (TPSA) is 44.9 Å². The van der Waals surface area contributed by atoms with E-state index in [1.165, 1.54) is 10.9 Å². The number of rotatable bonds is 6. The Hall–Kier alpha value is -4.47. The smallest absolute Gasteiger partial charge is 0.509 e. The summed E-state index contributed by atoms with van der Waals surface area (Å²) in [4.78, 5) is 4.74. The molecule has 0 saturated heterocycles. The maximum atomic E-state index is 6.48. The minimum absolute atomic E-state index is 0. The Morgan fingerprint density at radius 3 is 2.31 bits per heavy atom. The van der Waals surface area contributed by atoms with Gasteiger partial charge in [0.05, 0.1) is 5.69 Å². The van der Waals surface area contributed by atoms with E-state index in [1.807, 2.05) is 35.1 Å². The molecule has 5 nitrogen and oxygen atoms in total. The summed E-state index contributed by atoms with van der Waals surface area (Å²) in [6, 6.07) is 36.5. The number of ether oxygens (including phenoxy) is 1. The normalized spacial score (nSPS) is 11.4. The van der Waals surface area contributed by atoms with Crippen LogP contribution < -0.4 is 4.74 Å². The third kappa shape index (κ3) is 5.62. The van der Waals surface area contributed by atoms with Crippen molar-refractivity contribution in [3.63, 3.8) is 0 Å². The standard InChI is InChI=1S/C39H34N4O.Pt/c1-24(2)30-12-15-36-35(21-30)34-14-13-32(23-37(34)42(36)38-20-25(3)16-17-40-38)44-33-19-26(4)18-31(22-33)43-28(6)39(27(5)41-43)29-10-8-7-9-11-29;/h7-21,24H,1-6H3;/q-2;+2. The summed E-state index contributed by atoms with van der Waals surface area (Å²) < 4.78 is 10.6. The predicted molar refractivity (Wildman–Crippen MR) is 178 cm³/mol. The molecule has 7 rings (SSSR count). The van der Waals surface area contributed by atoms with Crippen LogP contribution in [0.4, 0.5) is 0 Å². The van der Waals surface area contributed by atoms with E-state index in [9.17, 15) is 0 Å². The molecule has 45 heavy (non-hydrogen) atoms. The van der Waals surface area contributed by atoms with Gasteiger partial charge in [-0.1, -0.05) is 68.8 Å². The van der Waals surface area contributed by atoms with Crippen molar-refractivity contribution in [1.29, 1.82) is 0 Å². The molecule has 0 aliphatic rings. The van der Waals surface area contributed by atoms with Crippen molar-refractivity contribution in [3.8, 4) is 34.1 Å². The first-order valence-electron chi connectivity index (χ1n) is 15.0. The second-order valence-corrected chi connectivity index (χ2v) is 11.9. The largest absolute Gasteiger partial charge is 2.00 e. The maximum Gasteiger partial charge on any atom is 2.00 e. The van der Waals surface area contributed by atoms with Gasteiger partial charge in [0.25, 0.3) is 0 Å². The Morgan fingerprint density at radius 1 is 0.756 bits per heavy atom. The second kappa shape index (κ2) is 12.1. The minimum atomic E-state index is 0. The van der Waals surface area contributed by atoms with Gasteiger partial charge < -0.3 is 9.30 Å². The molecule has 0 atom stereocenters. The summed E-state index contributed by atoms with van der Waals surface area (Å²) in [5.74, 6) is 2.52. The molecule has 0 fully saturated rings. The number of hydrogen-bond donors (Lipinski definition) is 0. The first kappa shape index (κ1) is 30.6. The zero-order chi connectivity index (χ0) is 30.5. The molecule has 0 aliphatic carbocycles. The van der Waals surface area contributed by atoms with Crippen LogP contribution in [0.2, 0.25) is 0 Å². The van der Waals surface area contributed by atoms with Crippen molar-refractivity contribution in [3.05, 3.63) is 131 Å². The number of pyridine rings is 1. The molecule has 7 aromatic rings. The molecule has 6 heteroatoms. The van der Waals surface area contributed by atoms with E-state index in [0.717, 1.165) is 61.6 Å².